The Bertz CT molecular complexity index is 508. The Balaban J connectivity index is 2.36. The highest BCUT2D eigenvalue weighted by Crippen LogP contribution is 2.35. The maximum absolute atomic E-state index is 12.0. The van der Waals surface area contributed by atoms with E-state index in [1.807, 2.05) is 0 Å². The first-order valence-electron chi connectivity index (χ1n) is 5.01. The molecule has 0 saturated heterocycles. The number of carbonyl (C=O) groups is 2. The van der Waals surface area contributed by atoms with Crippen molar-refractivity contribution in [1.82, 2.24) is 4.98 Å². The van der Waals surface area contributed by atoms with E-state index in [1.165, 1.54) is 18.1 Å². The molecule has 1 aromatic heterocycles. The topological polar surface area (TPSA) is 94.8 Å². The molecule has 1 aliphatic heterocycles. The second-order valence-electron chi connectivity index (χ2n) is 3.58. The van der Waals surface area contributed by atoms with Gasteiger partial charge in [-0.3, -0.25) is 9.69 Å². The zero-order valence-corrected chi connectivity index (χ0v) is 11.0. The summed E-state index contributed by atoms with van der Waals surface area (Å²) in [6.45, 7) is -0.108. The number of pyridine rings is 1. The highest BCUT2D eigenvalue weighted by molar-refractivity contribution is 9.10. The maximum atomic E-state index is 12.0. The smallest absolute Gasteiger partial charge is 0.405 e. The van der Waals surface area contributed by atoms with Crippen molar-refractivity contribution in [3.8, 4) is 5.75 Å². The summed E-state index contributed by atoms with van der Waals surface area (Å²) in [5.41, 5.74) is 4.90. The van der Waals surface area contributed by atoms with Gasteiger partial charge in [0.2, 0.25) is 6.10 Å². The van der Waals surface area contributed by atoms with Crippen LogP contribution in [-0.4, -0.2) is 36.7 Å². The number of nitrogens with two attached hydrogens (primary N) is 1. The number of anilines is 1. The van der Waals surface area contributed by atoms with E-state index in [4.69, 9.17) is 15.2 Å². The third-order valence-electron chi connectivity index (χ3n) is 2.40. The molecule has 0 spiro atoms. The lowest BCUT2D eigenvalue weighted by Gasteiger charge is -2.17. The molecule has 96 valence electrons. The van der Waals surface area contributed by atoms with Crippen molar-refractivity contribution in [1.29, 1.82) is 0 Å². The third-order valence-corrected chi connectivity index (χ3v) is 3.02. The molecule has 0 aliphatic carbocycles. The predicted octanol–water partition coefficient (Wildman–Crippen LogP) is 0.663. The number of likely N-dealkylation sites (N-methyl/N-ethyl adjacent to an activating group) is 1. The van der Waals surface area contributed by atoms with Gasteiger partial charge in [0.25, 0.3) is 5.91 Å². The lowest BCUT2D eigenvalue weighted by Crippen LogP contribution is -2.41. The second kappa shape index (κ2) is 4.81. The summed E-state index contributed by atoms with van der Waals surface area (Å²) in [6.07, 6.45) is -0.567. The van der Waals surface area contributed by atoms with Crippen molar-refractivity contribution in [3.63, 3.8) is 0 Å². The van der Waals surface area contributed by atoms with Gasteiger partial charge in [-0.25, -0.2) is 9.78 Å². The number of carbonyl (C=O) groups excluding carboxylic acids is 2. The number of amides is 2. The molecule has 8 heteroatoms. The molecule has 1 aromatic rings. The van der Waals surface area contributed by atoms with Crippen LogP contribution >= 0.6 is 15.9 Å². The fourth-order valence-electron chi connectivity index (χ4n) is 1.56. The van der Waals surface area contributed by atoms with Crippen LogP contribution < -0.4 is 15.4 Å². The lowest BCUT2D eigenvalue weighted by molar-refractivity contribution is -0.127. The highest BCUT2D eigenvalue weighted by atomic mass is 79.9. The van der Waals surface area contributed by atoms with E-state index in [1.54, 1.807) is 6.07 Å². The van der Waals surface area contributed by atoms with Crippen LogP contribution in [0, 0.1) is 0 Å². The summed E-state index contributed by atoms with van der Waals surface area (Å²) in [7, 11) is 1.52. The van der Waals surface area contributed by atoms with E-state index in [2.05, 4.69) is 20.9 Å². The number of rotatable bonds is 1. The molecule has 2 amide bonds. The van der Waals surface area contributed by atoms with Gasteiger partial charge in [0.1, 0.15) is 6.61 Å². The Kier molecular flexibility index (Phi) is 3.37. The first-order chi connectivity index (χ1) is 8.50. The number of ether oxygens (including phenoxy) is 2. The largest absolute Gasteiger partial charge is 0.484 e. The lowest BCUT2D eigenvalue weighted by atomic mass is 10.3. The monoisotopic (exact) mass is 315 g/mol. The molecule has 7 nitrogen and oxygen atoms in total. The molecule has 1 aliphatic rings. The van der Waals surface area contributed by atoms with Crippen LogP contribution in [0.1, 0.15) is 0 Å². The quantitative estimate of drug-likeness (QED) is 0.821. The summed E-state index contributed by atoms with van der Waals surface area (Å²) in [4.78, 5) is 28.1. The van der Waals surface area contributed by atoms with Crippen LogP contribution in [0.3, 0.4) is 0 Å². The summed E-state index contributed by atoms with van der Waals surface area (Å²) in [6, 6.07) is 1.69. The average Bonchev–Trinajstić information content (AvgIpc) is 2.43. The molecule has 0 fully saturated rings. The Morgan fingerprint density at radius 3 is 3.11 bits per heavy atom. The van der Waals surface area contributed by atoms with E-state index in [0.29, 0.717) is 16.0 Å². The molecule has 0 bridgehead atoms. The first kappa shape index (κ1) is 12.6. The molecule has 0 aromatic carbocycles. The molecule has 2 N–H and O–H groups in total. The van der Waals surface area contributed by atoms with Crippen LogP contribution in [0.2, 0.25) is 0 Å². The van der Waals surface area contributed by atoms with Gasteiger partial charge >= 0.3 is 6.09 Å². The van der Waals surface area contributed by atoms with Gasteiger partial charge < -0.3 is 15.2 Å². The molecular formula is C10H10BrN3O4. The van der Waals surface area contributed by atoms with Crippen LogP contribution in [0.4, 0.5) is 10.6 Å². The summed E-state index contributed by atoms with van der Waals surface area (Å²) < 4.78 is 10.8. The van der Waals surface area contributed by atoms with Gasteiger partial charge in [-0.1, -0.05) is 0 Å². The number of halogens is 1. The summed E-state index contributed by atoms with van der Waals surface area (Å²) >= 11 is 3.30. The number of aromatic nitrogens is 1. The van der Waals surface area contributed by atoms with Crippen molar-refractivity contribution in [2.75, 3.05) is 18.6 Å². The van der Waals surface area contributed by atoms with Gasteiger partial charge in [0.15, 0.2) is 11.6 Å². The van der Waals surface area contributed by atoms with E-state index in [9.17, 15) is 9.59 Å². The zero-order chi connectivity index (χ0) is 13.3. The van der Waals surface area contributed by atoms with Crippen LogP contribution in [0.5, 0.6) is 5.75 Å². The Morgan fingerprint density at radius 2 is 2.44 bits per heavy atom. The Hall–Kier alpha value is -1.83. The third kappa shape index (κ3) is 2.23. The highest BCUT2D eigenvalue weighted by Gasteiger charge is 2.33. The number of hydrogen-bond donors (Lipinski definition) is 1. The molecule has 0 saturated carbocycles. The van der Waals surface area contributed by atoms with E-state index < -0.39 is 18.1 Å². The molecule has 18 heavy (non-hydrogen) atoms. The van der Waals surface area contributed by atoms with Crippen LogP contribution in [0.15, 0.2) is 16.7 Å². The minimum Gasteiger partial charge on any atom is -0.484 e. The van der Waals surface area contributed by atoms with Crippen LogP contribution in [0.25, 0.3) is 0 Å². The summed E-state index contributed by atoms with van der Waals surface area (Å²) in [5, 5.41) is 0. The minimum absolute atomic E-state index is 0.108. The second-order valence-corrected chi connectivity index (χ2v) is 4.43. The minimum atomic E-state index is -1.08. The van der Waals surface area contributed by atoms with E-state index in [0.717, 1.165) is 0 Å². The SMILES string of the molecule is CN1C(=O)[C@@H](OC(N)=O)COc2c(Br)ccnc21. The number of hydrogen-bond acceptors (Lipinski definition) is 5. The van der Waals surface area contributed by atoms with Gasteiger partial charge in [-0.2, -0.15) is 0 Å². The van der Waals surface area contributed by atoms with Crippen molar-refractivity contribution in [2.24, 2.45) is 5.73 Å². The zero-order valence-electron chi connectivity index (χ0n) is 9.42. The van der Waals surface area contributed by atoms with Gasteiger partial charge in [0.05, 0.1) is 4.47 Å². The Morgan fingerprint density at radius 1 is 1.72 bits per heavy atom. The van der Waals surface area contributed by atoms with Crippen molar-refractivity contribution < 1.29 is 19.1 Å². The van der Waals surface area contributed by atoms with Crippen molar-refractivity contribution in [3.05, 3.63) is 16.7 Å². The predicted molar refractivity (Wildman–Crippen MR) is 65.3 cm³/mol. The van der Waals surface area contributed by atoms with E-state index in [-0.39, 0.29) is 6.61 Å². The first-order valence-corrected chi connectivity index (χ1v) is 5.81. The standard InChI is InChI=1S/C10H10BrN3O4/c1-14-8-7(5(11)2-3-13-8)17-4-6(9(14)15)18-10(12)16/h2-3,6H,4H2,1H3,(H2,12,16)/t6-/m0/s1. The maximum Gasteiger partial charge on any atom is 0.405 e. The van der Waals surface area contributed by atoms with Crippen molar-refractivity contribution >= 4 is 33.7 Å². The molecule has 0 radical (unpaired) electrons. The number of fused-ring (bicyclic) bond motifs is 1. The van der Waals surface area contributed by atoms with Crippen LogP contribution in [-0.2, 0) is 9.53 Å². The number of nitrogens with zero attached hydrogens (tertiary/aromatic N) is 2. The Labute approximate surface area is 111 Å². The molecule has 1 atom stereocenters. The summed E-state index contributed by atoms with van der Waals surface area (Å²) in [5.74, 6) is 0.326. The fourth-order valence-corrected chi connectivity index (χ4v) is 1.97. The van der Waals surface area contributed by atoms with Crippen molar-refractivity contribution in [2.45, 2.75) is 6.10 Å². The number of primary amides is 1. The normalized spacial score (nSPS) is 18.7. The van der Waals surface area contributed by atoms with Gasteiger partial charge in [-0.05, 0) is 22.0 Å². The molecule has 0 unspecified atom stereocenters. The molecule has 2 heterocycles. The average molecular weight is 316 g/mol. The van der Waals surface area contributed by atoms with Gasteiger partial charge in [-0.15, -0.1) is 0 Å². The molecule has 2 rings (SSSR count). The van der Waals surface area contributed by atoms with E-state index >= 15 is 0 Å². The molecular weight excluding hydrogens is 306 g/mol. The van der Waals surface area contributed by atoms with Gasteiger partial charge in [0, 0.05) is 13.2 Å². The fraction of sp³-hybridized carbons (Fsp3) is 0.300.